The number of hydrogen-bond donors (Lipinski definition) is 1. The van der Waals surface area contributed by atoms with Crippen molar-refractivity contribution in [2.24, 2.45) is 5.92 Å². The van der Waals surface area contributed by atoms with Gasteiger partial charge in [0.2, 0.25) is 0 Å². The molecule has 1 aliphatic heterocycles. The molecular formula is C16H27N3. The van der Waals surface area contributed by atoms with Gasteiger partial charge in [0.25, 0.3) is 0 Å². The van der Waals surface area contributed by atoms with Crippen LogP contribution >= 0.6 is 0 Å². The van der Waals surface area contributed by atoms with Crippen LogP contribution in [0.3, 0.4) is 0 Å². The second kappa shape index (κ2) is 5.42. The minimum Gasteiger partial charge on any atom is -0.301 e. The molecule has 1 heterocycles. The van der Waals surface area contributed by atoms with E-state index in [0.717, 1.165) is 12.5 Å². The zero-order valence-electron chi connectivity index (χ0n) is 12.2. The number of nitrogens with zero attached hydrogens (tertiary/aromatic N) is 2. The van der Waals surface area contributed by atoms with Gasteiger partial charge in [-0.3, -0.25) is 5.32 Å². The molecule has 3 fully saturated rings. The van der Waals surface area contributed by atoms with Crippen LogP contribution in [0.2, 0.25) is 0 Å². The molecule has 3 heteroatoms. The highest BCUT2D eigenvalue weighted by Gasteiger charge is 2.45. The summed E-state index contributed by atoms with van der Waals surface area (Å²) in [6, 6.07) is 4.06. The molecule has 2 saturated carbocycles. The van der Waals surface area contributed by atoms with Crippen LogP contribution < -0.4 is 5.32 Å². The van der Waals surface area contributed by atoms with Crippen molar-refractivity contribution in [1.82, 2.24) is 10.2 Å². The van der Waals surface area contributed by atoms with Crippen LogP contribution in [0.25, 0.3) is 0 Å². The molecule has 1 saturated heterocycles. The topological polar surface area (TPSA) is 39.1 Å². The molecule has 106 valence electrons. The van der Waals surface area contributed by atoms with Gasteiger partial charge in [0, 0.05) is 12.1 Å². The Bertz CT molecular complexity index is 357. The molecule has 0 spiro atoms. The summed E-state index contributed by atoms with van der Waals surface area (Å²) in [5, 5.41) is 13.4. The van der Waals surface area contributed by atoms with Crippen molar-refractivity contribution >= 4 is 0 Å². The highest BCUT2D eigenvalue weighted by atomic mass is 15.2. The molecule has 3 aliphatic rings. The summed E-state index contributed by atoms with van der Waals surface area (Å²) in [5.74, 6) is 0.575. The molecule has 3 rings (SSSR count). The Morgan fingerprint density at radius 3 is 2.74 bits per heavy atom. The fourth-order valence-electron chi connectivity index (χ4n) is 4.08. The molecule has 3 atom stereocenters. The molecule has 3 unspecified atom stereocenters. The highest BCUT2D eigenvalue weighted by Crippen LogP contribution is 2.40. The van der Waals surface area contributed by atoms with Crippen molar-refractivity contribution in [2.45, 2.75) is 75.9 Å². The Labute approximate surface area is 117 Å². The second-order valence-electron chi connectivity index (χ2n) is 6.91. The lowest BCUT2D eigenvalue weighted by atomic mass is 9.85. The summed E-state index contributed by atoms with van der Waals surface area (Å²) >= 11 is 0. The van der Waals surface area contributed by atoms with Crippen LogP contribution in [-0.4, -0.2) is 35.6 Å². The van der Waals surface area contributed by atoms with Gasteiger partial charge in [0.1, 0.15) is 5.54 Å². The number of nitrogens with one attached hydrogen (secondary N) is 1. The average molecular weight is 261 g/mol. The molecule has 0 aromatic carbocycles. The summed E-state index contributed by atoms with van der Waals surface area (Å²) in [4.78, 5) is 2.62. The molecule has 1 N–H and O–H groups in total. The lowest BCUT2D eigenvalue weighted by Gasteiger charge is -2.32. The number of rotatable bonds is 5. The first-order chi connectivity index (χ1) is 9.23. The first kappa shape index (κ1) is 13.4. The Hall–Kier alpha value is -0.590. The van der Waals surface area contributed by atoms with Crippen LogP contribution in [-0.2, 0) is 0 Å². The summed E-state index contributed by atoms with van der Waals surface area (Å²) in [5.41, 5.74) is -0.190. The normalized spacial score (nSPS) is 39.6. The summed E-state index contributed by atoms with van der Waals surface area (Å²) in [6.45, 7) is 4.81. The molecular weight excluding hydrogens is 234 g/mol. The molecule has 2 aliphatic carbocycles. The van der Waals surface area contributed by atoms with E-state index in [1.165, 1.54) is 58.0 Å². The molecule has 0 aromatic rings. The first-order valence-electron chi connectivity index (χ1n) is 8.16. The Morgan fingerprint density at radius 2 is 2.11 bits per heavy atom. The number of hydrogen-bond acceptors (Lipinski definition) is 3. The first-order valence-corrected chi connectivity index (χ1v) is 8.16. The SMILES string of the molecule is CC1CCCN1CCC1CCCC1(C#N)NC1CC1. The standard InChI is InChI=1S/C16H27N3/c1-13-4-3-10-19(13)11-8-14-5-2-9-16(14,12-17)18-15-6-7-15/h13-15,18H,2-11H2,1H3. The minimum atomic E-state index is -0.190. The van der Waals surface area contributed by atoms with Gasteiger partial charge in [-0.05, 0) is 70.9 Å². The summed E-state index contributed by atoms with van der Waals surface area (Å²) in [7, 11) is 0. The van der Waals surface area contributed by atoms with Gasteiger partial charge in [0.15, 0.2) is 0 Å². The zero-order valence-corrected chi connectivity index (χ0v) is 12.2. The third-order valence-corrected chi connectivity index (χ3v) is 5.51. The third-order valence-electron chi connectivity index (χ3n) is 5.51. The maximum absolute atomic E-state index is 9.68. The van der Waals surface area contributed by atoms with Crippen LogP contribution in [0.5, 0.6) is 0 Å². The van der Waals surface area contributed by atoms with Crippen molar-refractivity contribution in [3.63, 3.8) is 0 Å². The predicted molar refractivity (Wildman–Crippen MR) is 76.7 cm³/mol. The van der Waals surface area contributed by atoms with Crippen molar-refractivity contribution in [1.29, 1.82) is 5.26 Å². The van der Waals surface area contributed by atoms with E-state index in [9.17, 15) is 5.26 Å². The van der Waals surface area contributed by atoms with Gasteiger partial charge in [0.05, 0.1) is 6.07 Å². The Balaban J connectivity index is 1.57. The maximum atomic E-state index is 9.68. The molecule has 3 nitrogen and oxygen atoms in total. The lowest BCUT2D eigenvalue weighted by molar-refractivity contribution is 0.217. The summed E-state index contributed by atoms with van der Waals surface area (Å²) < 4.78 is 0. The number of nitriles is 1. The van der Waals surface area contributed by atoms with Gasteiger partial charge in [-0.15, -0.1) is 0 Å². The zero-order chi connectivity index (χ0) is 13.3. The highest BCUT2D eigenvalue weighted by molar-refractivity contribution is 5.16. The smallest absolute Gasteiger partial charge is 0.109 e. The molecule has 0 bridgehead atoms. The van der Waals surface area contributed by atoms with Crippen molar-refractivity contribution in [3.05, 3.63) is 0 Å². The maximum Gasteiger partial charge on any atom is 0.109 e. The van der Waals surface area contributed by atoms with Gasteiger partial charge >= 0.3 is 0 Å². The fourth-order valence-corrected chi connectivity index (χ4v) is 4.08. The molecule has 0 amide bonds. The number of likely N-dealkylation sites (tertiary alicyclic amines) is 1. The molecule has 0 aromatic heterocycles. The van der Waals surface area contributed by atoms with Crippen molar-refractivity contribution in [3.8, 4) is 6.07 Å². The second-order valence-corrected chi connectivity index (χ2v) is 6.91. The van der Waals surface area contributed by atoms with E-state index in [1.54, 1.807) is 0 Å². The van der Waals surface area contributed by atoms with Crippen LogP contribution in [0.1, 0.15) is 58.3 Å². The Morgan fingerprint density at radius 1 is 1.26 bits per heavy atom. The monoisotopic (exact) mass is 261 g/mol. The molecule has 0 radical (unpaired) electrons. The third kappa shape index (κ3) is 2.80. The van der Waals surface area contributed by atoms with Crippen molar-refractivity contribution in [2.75, 3.05) is 13.1 Å². The van der Waals surface area contributed by atoms with Gasteiger partial charge < -0.3 is 4.90 Å². The lowest BCUT2D eigenvalue weighted by Crippen LogP contribution is -2.49. The minimum absolute atomic E-state index is 0.190. The van der Waals surface area contributed by atoms with E-state index in [1.807, 2.05) is 0 Å². The van der Waals surface area contributed by atoms with Gasteiger partial charge in [-0.1, -0.05) is 6.42 Å². The van der Waals surface area contributed by atoms with E-state index in [-0.39, 0.29) is 5.54 Å². The van der Waals surface area contributed by atoms with E-state index in [4.69, 9.17) is 0 Å². The average Bonchev–Trinajstić information content (AvgIpc) is 2.98. The molecule has 19 heavy (non-hydrogen) atoms. The van der Waals surface area contributed by atoms with Crippen LogP contribution in [0.15, 0.2) is 0 Å². The summed E-state index contributed by atoms with van der Waals surface area (Å²) in [6.07, 6.45) is 10.0. The van der Waals surface area contributed by atoms with Crippen molar-refractivity contribution < 1.29 is 0 Å². The van der Waals surface area contributed by atoms with Crippen LogP contribution in [0, 0.1) is 17.2 Å². The van der Waals surface area contributed by atoms with E-state index in [2.05, 4.69) is 23.2 Å². The predicted octanol–water partition coefficient (Wildman–Crippen LogP) is 2.68. The Kier molecular flexibility index (Phi) is 3.82. The van der Waals surface area contributed by atoms with E-state index >= 15 is 0 Å². The van der Waals surface area contributed by atoms with E-state index in [0.29, 0.717) is 12.0 Å². The quantitative estimate of drug-likeness (QED) is 0.827. The van der Waals surface area contributed by atoms with Gasteiger partial charge in [-0.25, -0.2) is 0 Å². The fraction of sp³-hybridized carbons (Fsp3) is 0.938. The van der Waals surface area contributed by atoms with Gasteiger partial charge in [-0.2, -0.15) is 5.26 Å². The van der Waals surface area contributed by atoms with Crippen LogP contribution in [0.4, 0.5) is 0 Å². The largest absolute Gasteiger partial charge is 0.301 e. The van der Waals surface area contributed by atoms with E-state index < -0.39 is 0 Å².